The van der Waals surface area contributed by atoms with Crippen molar-refractivity contribution in [2.24, 2.45) is 0 Å². The van der Waals surface area contributed by atoms with Crippen molar-refractivity contribution in [2.45, 2.75) is 9.79 Å². The van der Waals surface area contributed by atoms with Gasteiger partial charge in [0.25, 0.3) is 26.0 Å². The third-order valence-electron chi connectivity index (χ3n) is 3.73. The van der Waals surface area contributed by atoms with Crippen molar-refractivity contribution in [1.29, 1.82) is 0 Å². The van der Waals surface area contributed by atoms with E-state index in [0.717, 1.165) is 0 Å². The van der Waals surface area contributed by atoms with Crippen LogP contribution in [0.3, 0.4) is 0 Å². The Morgan fingerprint density at radius 1 is 0.607 bits per heavy atom. The summed E-state index contributed by atoms with van der Waals surface area (Å²) in [5.74, 6) is -0.755. The largest absolute Gasteiger partial charge is 0.280 e. The first kappa shape index (κ1) is 19.6. The number of carbonyl (C=O) groups is 1. The van der Waals surface area contributed by atoms with Gasteiger partial charge in [0.15, 0.2) is 0 Å². The number of benzene rings is 3. The number of anilines is 1. The zero-order chi connectivity index (χ0) is 20.2. The molecule has 144 valence electrons. The molecule has 0 saturated carbocycles. The predicted molar refractivity (Wildman–Crippen MR) is 105 cm³/mol. The van der Waals surface area contributed by atoms with Crippen LogP contribution in [-0.4, -0.2) is 22.7 Å². The molecule has 0 aliphatic rings. The van der Waals surface area contributed by atoms with Crippen molar-refractivity contribution in [3.8, 4) is 0 Å². The van der Waals surface area contributed by atoms with Crippen LogP contribution in [0.15, 0.2) is 94.7 Å². The Hall–Kier alpha value is -3.17. The van der Waals surface area contributed by atoms with Crippen LogP contribution in [0.5, 0.6) is 0 Å². The number of nitrogens with one attached hydrogen (secondary N) is 2. The molecular weight excluding hydrogens is 400 g/mol. The fraction of sp³-hybridized carbons (Fsp3) is 0. The molecule has 28 heavy (non-hydrogen) atoms. The lowest BCUT2D eigenvalue weighted by molar-refractivity contribution is 0.0981. The molecule has 0 fully saturated rings. The highest BCUT2D eigenvalue weighted by Gasteiger charge is 2.19. The topological polar surface area (TPSA) is 109 Å². The van der Waals surface area contributed by atoms with Crippen molar-refractivity contribution >= 4 is 31.6 Å². The van der Waals surface area contributed by atoms with Crippen LogP contribution >= 0.6 is 0 Å². The van der Waals surface area contributed by atoms with Crippen LogP contribution in [0, 0.1) is 0 Å². The van der Waals surface area contributed by atoms with E-state index >= 15 is 0 Å². The highest BCUT2D eigenvalue weighted by Crippen LogP contribution is 2.18. The molecule has 0 saturated heterocycles. The Bertz CT molecular complexity index is 1180. The zero-order valence-electron chi connectivity index (χ0n) is 14.4. The second kappa shape index (κ2) is 7.83. The lowest BCUT2D eigenvalue weighted by Gasteiger charge is -2.10. The molecule has 0 aliphatic carbocycles. The Morgan fingerprint density at radius 3 is 1.68 bits per heavy atom. The summed E-state index contributed by atoms with van der Waals surface area (Å²) in [4.78, 5) is 12.0. The fourth-order valence-electron chi connectivity index (χ4n) is 2.35. The molecule has 0 aromatic heterocycles. The third kappa shape index (κ3) is 4.56. The van der Waals surface area contributed by atoms with Crippen molar-refractivity contribution in [2.75, 3.05) is 4.72 Å². The molecule has 0 bridgehead atoms. The molecular formula is C19H16N2O5S2. The van der Waals surface area contributed by atoms with Crippen LogP contribution in [0.2, 0.25) is 0 Å². The van der Waals surface area contributed by atoms with Gasteiger partial charge in [0, 0.05) is 11.3 Å². The summed E-state index contributed by atoms with van der Waals surface area (Å²) in [5.41, 5.74) is 0.399. The van der Waals surface area contributed by atoms with Gasteiger partial charge < -0.3 is 0 Å². The van der Waals surface area contributed by atoms with Crippen LogP contribution < -0.4 is 9.44 Å². The molecule has 0 heterocycles. The van der Waals surface area contributed by atoms with E-state index in [0.29, 0.717) is 0 Å². The van der Waals surface area contributed by atoms with Crippen molar-refractivity contribution in [3.63, 3.8) is 0 Å². The minimum atomic E-state index is -4.10. The second-order valence-corrected chi connectivity index (χ2v) is 9.11. The molecule has 9 heteroatoms. The van der Waals surface area contributed by atoms with Gasteiger partial charge in [-0.2, -0.15) is 0 Å². The molecule has 0 radical (unpaired) electrons. The SMILES string of the molecule is O=C(NS(=O)(=O)c1ccc(NS(=O)(=O)c2ccccc2)cc1)c1ccccc1. The zero-order valence-corrected chi connectivity index (χ0v) is 16.1. The number of carbonyl (C=O) groups excluding carboxylic acids is 1. The first-order valence-electron chi connectivity index (χ1n) is 8.08. The number of amides is 1. The summed E-state index contributed by atoms with van der Waals surface area (Å²) in [6.45, 7) is 0. The summed E-state index contributed by atoms with van der Waals surface area (Å²) < 4.78 is 53.7. The van der Waals surface area contributed by atoms with E-state index in [4.69, 9.17) is 0 Å². The van der Waals surface area contributed by atoms with Crippen LogP contribution in [-0.2, 0) is 20.0 Å². The molecule has 1 amide bonds. The van der Waals surface area contributed by atoms with Gasteiger partial charge in [0.1, 0.15) is 0 Å². The van der Waals surface area contributed by atoms with Crippen LogP contribution in [0.4, 0.5) is 5.69 Å². The Labute approximate surface area is 163 Å². The third-order valence-corrected chi connectivity index (χ3v) is 6.48. The summed E-state index contributed by atoms with van der Waals surface area (Å²) >= 11 is 0. The van der Waals surface area contributed by atoms with Crippen LogP contribution in [0.25, 0.3) is 0 Å². The monoisotopic (exact) mass is 416 g/mol. The summed E-state index contributed by atoms with van der Waals surface area (Å²) in [6, 6.07) is 20.8. The minimum Gasteiger partial charge on any atom is -0.280 e. The van der Waals surface area contributed by atoms with Crippen LogP contribution in [0.1, 0.15) is 10.4 Å². The number of sulfonamides is 2. The summed E-state index contributed by atoms with van der Waals surface area (Å²) in [5, 5.41) is 0. The molecule has 3 aromatic rings. The average Bonchev–Trinajstić information content (AvgIpc) is 2.69. The molecule has 3 rings (SSSR count). The maximum atomic E-state index is 12.4. The van der Waals surface area contributed by atoms with E-state index in [1.807, 2.05) is 4.72 Å². The molecule has 2 N–H and O–H groups in total. The van der Waals surface area contributed by atoms with E-state index in [2.05, 4.69) is 4.72 Å². The number of hydrogen-bond acceptors (Lipinski definition) is 5. The second-order valence-electron chi connectivity index (χ2n) is 5.74. The molecule has 0 aliphatic heterocycles. The van der Waals surface area contributed by atoms with E-state index in [1.165, 1.54) is 48.5 Å². The lowest BCUT2D eigenvalue weighted by atomic mass is 10.2. The van der Waals surface area contributed by atoms with Gasteiger partial charge in [-0.25, -0.2) is 21.6 Å². The summed E-state index contributed by atoms with van der Waals surface area (Å²) in [6.07, 6.45) is 0. The normalized spacial score (nSPS) is 11.6. The van der Waals surface area contributed by atoms with Crippen molar-refractivity contribution in [1.82, 2.24) is 4.72 Å². The smallest absolute Gasteiger partial charge is 0.264 e. The number of hydrogen-bond donors (Lipinski definition) is 2. The van der Waals surface area contributed by atoms with Gasteiger partial charge in [-0.1, -0.05) is 36.4 Å². The van der Waals surface area contributed by atoms with Crippen molar-refractivity contribution < 1.29 is 21.6 Å². The van der Waals surface area contributed by atoms with Gasteiger partial charge in [0.2, 0.25) is 0 Å². The maximum Gasteiger partial charge on any atom is 0.264 e. The Balaban J connectivity index is 1.76. The number of rotatable bonds is 6. The predicted octanol–water partition coefficient (Wildman–Crippen LogP) is 2.61. The summed E-state index contributed by atoms with van der Waals surface area (Å²) in [7, 11) is -7.88. The van der Waals surface area contributed by atoms with Gasteiger partial charge in [0.05, 0.1) is 9.79 Å². The molecule has 3 aromatic carbocycles. The molecule has 0 atom stereocenters. The lowest BCUT2D eigenvalue weighted by Crippen LogP contribution is -2.30. The van der Waals surface area contributed by atoms with Crippen molar-refractivity contribution in [3.05, 3.63) is 90.5 Å². The fourth-order valence-corrected chi connectivity index (χ4v) is 4.40. The molecule has 7 nitrogen and oxygen atoms in total. The molecule has 0 unspecified atom stereocenters. The average molecular weight is 416 g/mol. The highest BCUT2D eigenvalue weighted by atomic mass is 32.2. The van der Waals surface area contributed by atoms with E-state index < -0.39 is 26.0 Å². The van der Waals surface area contributed by atoms with Gasteiger partial charge in [-0.15, -0.1) is 0 Å². The maximum absolute atomic E-state index is 12.4. The molecule has 0 spiro atoms. The first-order chi connectivity index (χ1) is 13.3. The minimum absolute atomic E-state index is 0.0850. The first-order valence-corrected chi connectivity index (χ1v) is 11.0. The van der Waals surface area contributed by atoms with Gasteiger partial charge >= 0.3 is 0 Å². The standard InChI is InChI=1S/C19H16N2O5S2/c22-19(15-7-3-1-4-8-15)21-28(25,26)18-13-11-16(12-14-18)20-27(23,24)17-9-5-2-6-10-17/h1-14,20H,(H,21,22). The quantitative estimate of drug-likeness (QED) is 0.642. The van der Waals surface area contributed by atoms with E-state index in [9.17, 15) is 21.6 Å². The highest BCUT2D eigenvalue weighted by molar-refractivity contribution is 7.92. The van der Waals surface area contributed by atoms with Gasteiger partial charge in [-0.05, 0) is 48.5 Å². The van der Waals surface area contributed by atoms with Gasteiger partial charge in [-0.3, -0.25) is 9.52 Å². The van der Waals surface area contributed by atoms with E-state index in [1.54, 1.807) is 36.4 Å². The Kier molecular flexibility index (Phi) is 5.48. The van der Waals surface area contributed by atoms with E-state index in [-0.39, 0.29) is 21.0 Å². The Morgan fingerprint density at radius 2 is 1.11 bits per heavy atom.